The Morgan fingerprint density at radius 3 is 2.07 bits per heavy atom. The lowest BCUT2D eigenvalue weighted by Gasteiger charge is -2.23. The maximum Gasteiger partial charge on any atom is 0.490 e. The fourth-order valence-corrected chi connectivity index (χ4v) is 4.01. The van der Waals surface area contributed by atoms with E-state index in [4.69, 9.17) is 37.8 Å². The molecule has 44 heavy (non-hydrogen) atoms. The van der Waals surface area contributed by atoms with Gasteiger partial charge in [0.25, 0.3) is 5.91 Å². The third-order valence-corrected chi connectivity index (χ3v) is 6.32. The molecule has 3 aromatic rings. The molecule has 1 aliphatic heterocycles. The molecule has 0 atom stereocenters. The van der Waals surface area contributed by atoms with E-state index in [1.54, 1.807) is 66.7 Å². The van der Waals surface area contributed by atoms with E-state index in [2.05, 4.69) is 11.8 Å². The summed E-state index contributed by atoms with van der Waals surface area (Å²) in [7, 11) is 0. The molecule has 4 rings (SSSR count). The van der Waals surface area contributed by atoms with E-state index in [1.165, 1.54) is 9.80 Å². The normalized spacial score (nSPS) is 12.6. The molecule has 3 aromatic carbocycles. The zero-order valence-corrected chi connectivity index (χ0v) is 23.4. The van der Waals surface area contributed by atoms with E-state index < -0.39 is 24.0 Å². The number of carbonyl (C=O) groups excluding carboxylic acids is 2. The molecule has 0 unspecified atom stereocenters. The van der Waals surface area contributed by atoms with Gasteiger partial charge in [-0.3, -0.25) is 19.8 Å². The highest BCUT2D eigenvalue weighted by molar-refractivity contribution is 6.30. The molecule has 1 aliphatic rings. The van der Waals surface area contributed by atoms with Crippen molar-refractivity contribution in [3.05, 3.63) is 99.6 Å². The van der Waals surface area contributed by atoms with Crippen LogP contribution in [0.1, 0.15) is 39.0 Å². The summed E-state index contributed by atoms with van der Waals surface area (Å²) in [6, 6.07) is 19.0. The van der Waals surface area contributed by atoms with Gasteiger partial charge < -0.3 is 25.7 Å². The number of carboxylic acid groups (broad SMARTS) is 2. The van der Waals surface area contributed by atoms with E-state index in [9.17, 15) is 27.6 Å². The largest absolute Gasteiger partial charge is 0.490 e. The van der Waals surface area contributed by atoms with Crippen LogP contribution in [0.3, 0.4) is 0 Å². The van der Waals surface area contributed by atoms with Crippen LogP contribution in [0, 0.1) is 17.3 Å². The minimum atomic E-state index is -5.08. The van der Waals surface area contributed by atoms with Crippen molar-refractivity contribution >= 4 is 46.9 Å². The Morgan fingerprint density at radius 1 is 0.955 bits per heavy atom. The van der Waals surface area contributed by atoms with Gasteiger partial charge >= 0.3 is 18.1 Å². The summed E-state index contributed by atoms with van der Waals surface area (Å²) in [4.78, 5) is 49.5. The third kappa shape index (κ3) is 9.07. The first-order valence-corrected chi connectivity index (χ1v) is 13.0. The highest BCUT2D eigenvalue weighted by Crippen LogP contribution is 2.29. The van der Waals surface area contributed by atoms with Crippen LogP contribution in [0.25, 0.3) is 0 Å². The molecule has 228 valence electrons. The van der Waals surface area contributed by atoms with Crippen LogP contribution in [0.15, 0.2) is 66.7 Å². The average Bonchev–Trinajstić information content (AvgIpc) is 3.06. The lowest BCUT2D eigenvalue weighted by Crippen LogP contribution is -2.40. The SMILES string of the molecule is N=C(N)c1ccc(C#Cc2ccc3c(c2)C(=O)N(CCC(=O)O)CC(=O)N3Cc2ccc(Cl)cc2)cc1.O=C(O)C(F)(F)F. The molecule has 0 fully saturated rings. The minimum absolute atomic E-state index is 0.0334. The van der Waals surface area contributed by atoms with Gasteiger partial charge in [0.1, 0.15) is 12.4 Å². The fraction of sp³-hybridized carbons (Fsp3) is 0.167. The number of carboxylic acids is 2. The number of hydrogen-bond acceptors (Lipinski definition) is 5. The topological polar surface area (TPSA) is 165 Å². The van der Waals surface area contributed by atoms with Gasteiger partial charge in [-0.15, -0.1) is 0 Å². The third-order valence-electron chi connectivity index (χ3n) is 6.07. The van der Waals surface area contributed by atoms with Crippen LogP contribution in [0.2, 0.25) is 5.02 Å². The summed E-state index contributed by atoms with van der Waals surface area (Å²) in [5, 5.41) is 24.3. The molecular weight excluding hydrogens is 605 g/mol. The molecule has 0 saturated heterocycles. The van der Waals surface area contributed by atoms with Gasteiger partial charge in [-0.2, -0.15) is 13.2 Å². The summed E-state index contributed by atoms with van der Waals surface area (Å²) in [5.41, 5.74) is 8.86. The number of benzene rings is 3. The van der Waals surface area contributed by atoms with Crippen molar-refractivity contribution in [3.63, 3.8) is 0 Å². The number of amidine groups is 1. The molecule has 0 spiro atoms. The Balaban J connectivity index is 0.000000676. The summed E-state index contributed by atoms with van der Waals surface area (Å²) < 4.78 is 31.7. The first-order valence-electron chi connectivity index (χ1n) is 12.6. The highest BCUT2D eigenvalue weighted by atomic mass is 35.5. The van der Waals surface area contributed by atoms with Gasteiger partial charge in [0.15, 0.2) is 0 Å². The van der Waals surface area contributed by atoms with Crippen molar-refractivity contribution < 1.29 is 42.6 Å². The smallest absolute Gasteiger partial charge is 0.481 e. The molecule has 0 radical (unpaired) electrons. The van der Waals surface area contributed by atoms with Crippen LogP contribution in [-0.4, -0.2) is 64.0 Å². The number of aliphatic carboxylic acids is 2. The molecule has 1 heterocycles. The minimum Gasteiger partial charge on any atom is -0.481 e. The standard InChI is InChI=1S/C28H23ClN4O4.C2HF3O2/c29-22-10-5-20(6-11-22)16-33-24-12-7-19(2-1-18-3-8-21(9-4-18)27(30)31)15-23(24)28(37)32(17-25(33)34)14-13-26(35)36;3-2(4,5)1(6)7/h3-12,15H,13-14,16-17H2,(H3,30,31)(H,35,36);(H,6,7). The Morgan fingerprint density at radius 2 is 1.52 bits per heavy atom. The maximum atomic E-state index is 13.4. The van der Waals surface area contributed by atoms with Gasteiger partial charge in [-0.1, -0.05) is 47.7 Å². The summed E-state index contributed by atoms with van der Waals surface area (Å²) >= 11 is 5.99. The number of halogens is 4. The number of rotatable bonds is 6. The lowest BCUT2D eigenvalue weighted by atomic mass is 10.1. The predicted octanol–water partition coefficient (Wildman–Crippen LogP) is 4.12. The molecular formula is C30H24ClF3N4O6. The van der Waals surface area contributed by atoms with Crippen molar-refractivity contribution in [2.45, 2.75) is 19.1 Å². The predicted molar refractivity (Wildman–Crippen MR) is 154 cm³/mol. The zero-order chi connectivity index (χ0) is 32.6. The zero-order valence-electron chi connectivity index (χ0n) is 22.7. The van der Waals surface area contributed by atoms with Gasteiger partial charge in [-0.05, 0) is 48.0 Å². The molecule has 0 bridgehead atoms. The number of nitrogens with two attached hydrogens (primary N) is 1. The molecule has 10 nitrogen and oxygen atoms in total. The number of hydrogen-bond donors (Lipinski definition) is 4. The molecule has 0 saturated carbocycles. The number of nitrogens with zero attached hydrogens (tertiary/aromatic N) is 2. The summed E-state index contributed by atoms with van der Waals surface area (Å²) in [6.45, 7) is -0.110. The van der Waals surface area contributed by atoms with Crippen LogP contribution in [0.4, 0.5) is 18.9 Å². The number of nitrogens with one attached hydrogen (secondary N) is 1. The van der Waals surface area contributed by atoms with Gasteiger partial charge in [0, 0.05) is 28.3 Å². The molecule has 5 N–H and O–H groups in total. The maximum absolute atomic E-state index is 13.4. The quantitative estimate of drug-likeness (QED) is 0.181. The van der Waals surface area contributed by atoms with Crippen molar-refractivity contribution in [2.75, 3.05) is 18.0 Å². The summed E-state index contributed by atoms with van der Waals surface area (Å²) in [5.74, 6) is 1.45. The van der Waals surface area contributed by atoms with Crippen molar-refractivity contribution in [2.24, 2.45) is 5.73 Å². The number of anilines is 1. The lowest BCUT2D eigenvalue weighted by molar-refractivity contribution is -0.192. The Labute approximate surface area is 254 Å². The number of alkyl halides is 3. The molecule has 14 heteroatoms. The molecule has 0 aliphatic carbocycles. The highest BCUT2D eigenvalue weighted by Gasteiger charge is 2.38. The number of carbonyl (C=O) groups is 4. The van der Waals surface area contributed by atoms with Crippen LogP contribution < -0.4 is 10.6 Å². The molecule has 2 amide bonds. The van der Waals surface area contributed by atoms with Gasteiger partial charge in [0.2, 0.25) is 5.91 Å². The first kappa shape index (κ1) is 33.2. The first-order chi connectivity index (χ1) is 20.6. The second kappa shape index (κ2) is 14.2. The van der Waals surface area contributed by atoms with Crippen molar-refractivity contribution in [3.8, 4) is 11.8 Å². The Bertz CT molecular complexity index is 1650. The van der Waals surface area contributed by atoms with E-state index >= 15 is 0 Å². The van der Waals surface area contributed by atoms with E-state index in [1.807, 2.05) is 0 Å². The van der Waals surface area contributed by atoms with Crippen molar-refractivity contribution in [1.82, 2.24) is 4.90 Å². The van der Waals surface area contributed by atoms with E-state index in [0.717, 1.165) is 5.56 Å². The monoisotopic (exact) mass is 628 g/mol. The Hall–Kier alpha value is -5.35. The number of nitrogen functional groups attached to an aromatic ring is 1. The number of fused-ring (bicyclic) bond motifs is 1. The van der Waals surface area contributed by atoms with Gasteiger partial charge in [0.05, 0.1) is 24.2 Å². The number of amides is 2. The van der Waals surface area contributed by atoms with Crippen LogP contribution in [0.5, 0.6) is 0 Å². The van der Waals surface area contributed by atoms with Crippen LogP contribution >= 0.6 is 11.6 Å². The average molecular weight is 629 g/mol. The van der Waals surface area contributed by atoms with Gasteiger partial charge in [-0.25, -0.2) is 4.79 Å². The van der Waals surface area contributed by atoms with Crippen molar-refractivity contribution in [1.29, 1.82) is 5.41 Å². The summed E-state index contributed by atoms with van der Waals surface area (Å²) in [6.07, 6.45) is -5.36. The fourth-order valence-electron chi connectivity index (χ4n) is 3.88. The molecule has 0 aromatic heterocycles. The van der Waals surface area contributed by atoms with E-state index in [-0.39, 0.29) is 43.4 Å². The second-order valence-electron chi connectivity index (χ2n) is 9.25. The Kier molecular flexibility index (Phi) is 10.7. The van der Waals surface area contributed by atoms with Crippen LogP contribution in [-0.2, 0) is 20.9 Å². The van der Waals surface area contributed by atoms with E-state index in [0.29, 0.717) is 27.4 Å². The second-order valence-corrected chi connectivity index (χ2v) is 9.69.